The Labute approximate surface area is 146 Å². The molecule has 1 saturated heterocycles. The average Bonchev–Trinajstić information content (AvgIpc) is 2.64. The first kappa shape index (κ1) is 17.0. The van der Waals surface area contributed by atoms with Crippen molar-refractivity contribution in [1.82, 2.24) is 5.32 Å². The summed E-state index contributed by atoms with van der Waals surface area (Å²) in [5.74, 6) is 1.75. The number of ether oxygens (including phenoxy) is 1. The third kappa shape index (κ3) is 4.18. The van der Waals surface area contributed by atoms with Gasteiger partial charge in [0, 0.05) is 5.41 Å². The van der Waals surface area contributed by atoms with E-state index in [4.69, 9.17) is 4.74 Å². The highest BCUT2D eigenvalue weighted by molar-refractivity contribution is 5.39. The van der Waals surface area contributed by atoms with Crippen molar-refractivity contribution >= 4 is 0 Å². The fraction of sp³-hybridized carbons (Fsp3) is 0.455. The SMILES string of the molecule is CC(C)(c1ccccc1)c1ccc(OCC[C@H]2CCCNC2)cc1. The Morgan fingerprint density at radius 3 is 2.38 bits per heavy atom. The Kier molecular flexibility index (Phi) is 5.57. The van der Waals surface area contributed by atoms with Gasteiger partial charge in [-0.25, -0.2) is 0 Å². The first-order valence-corrected chi connectivity index (χ1v) is 9.16. The highest BCUT2D eigenvalue weighted by atomic mass is 16.5. The highest BCUT2D eigenvalue weighted by Crippen LogP contribution is 2.32. The van der Waals surface area contributed by atoms with Gasteiger partial charge in [0.1, 0.15) is 5.75 Å². The summed E-state index contributed by atoms with van der Waals surface area (Å²) in [6.07, 6.45) is 3.78. The number of benzene rings is 2. The molecule has 0 spiro atoms. The lowest BCUT2D eigenvalue weighted by Crippen LogP contribution is -2.30. The molecule has 2 nitrogen and oxygen atoms in total. The zero-order valence-electron chi connectivity index (χ0n) is 14.9. The standard InChI is InChI=1S/C22H29NO/c1-22(2,19-8-4-3-5-9-19)20-10-12-21(13-11-20)24-16-14-18-7-6-15-23-17-18/h3-5,8-13,18,23H,6-7,14-17H2,1-2H3/t18-/m1/s1. The van der Waals surface area contributed by atoms with Gasteiger partial charge < -0.3 is 10.1 Å². The maximum Gasteiger partial charge on any atom is 0.119 e. The third-order valence-corrected chi connectivity index (χ3v) is 5.27. The van der Waals surface area contributed by atoms with Crippen LogP contribution < -0.4 is 10.1 Å². The molecule has 0 aliphatic carbocycles. The van der Waals surface area contributed by atoms with Crippen LogP contribution in [0.2, 0.25) is 0 Å². The minimum absolute atomic E-state index is 0.00750. The molecule has 1 heterocycles. The second kappa shape index (κ2) is 7.85. The van der Waals surface area contributed by atoms with Crippen molar-refractivity contribution in [2.45, 2.75) is 38.5 Å². The number of piperidine rings is 1. The van der Waals surface area contributed by atoms with Crippen LogP contribution in [-0.2, 0) is 5.41 Å². The number of hydrogen-bond donors (Lipinski definition) is 1. The van der Waals surface area contributed by atoms with E-state index in [9.17, 15) is 0 Å². The Bertz CT molecular complexity index is 612. The van der Waals surface area contributed by atoms with Gasteiger partial charge in [-0.1, -0.05) is 56.3 Å². The van der Waals surface area contributed by atoms with E-state index in [0.29, 0.717) is 0 Å². The van der Waals surface area contributed by atoms with Crippen LogP contribution in [0.4, 0.5) is 0 Å². The van der Waals surface area contributed by atoms with Gasteiger partial charge in [-0.2, -0.15) is 0 Å². The molecule has 1 atom stereocenters. The number of rotatable bonds is 6. The van der Waals surface area contributed by atoms with Crippen LogP contribution in [0.5, 0.6) is 5.75 Å². The van der Waals surface area contributed by atoms with Crippen LogP contribution in [0.15, 0.2) is 54.6 Å². The maximum atomic E-state index is 5.95. The third-order valence-electron chi connectivity index (χ3n) is 5.27. The molecule has 1 aliphatic rings. The van der Waals surface area contributed by atoms with Crippen LogP contribution in [0.3, 0.4) is 0 Å². The lowest BCUT2D eigenvalue weighted by molar-refractivity contribution is 0.254. The summed E-state index contributed by atoms with van der Waals surface area (Å²) in [6, 6.07) is 19.3. The predicted molar refractivity (Wildman–Crippen MR) is 101 cm³/mol. The van der Waals surface area contributed by atoms with E-state index >= 15 is 0 Å². The fourth-order valence-electron chi connectivity index (χ4n) is 3.50. The van der Waals surface area contributed by atoms with Crippen molar-refractivity contribution in [2.75, 3.05) is 19.7 Å². The summed E-state index contributed by atoms with van der Waals surface area (Å²) < 4.78 is 5.95. The molecule has 3 rings (SSSR count). The molecule has 1 aliphatic heterocycles. The smallest absolute Gasteiger partial charge is 0.119 e. The number of nitrogens with one attached hydrogen (secondary N) is 1. The van der Waals surface area contributed by atoms with Crippen LogP contribution in [-0.4, -0.2) is 19.7 Å². The molecule has 1 N–H and O–H groups in total. The monoisotopic (exact) mass is 323 g/mol. The Morgan fingerprint density at radius 2 is 1.71 bits per heavy atom. The summed E-state index contributed by atoms with van der Waals surface area (Å²) >= 11 is 0. The van der Waals surface area contributed by atoms with Gasteiger partial charge in [0.05, 0.1) is 6.61 Å². The first-order valence-electron chi connectivity index (χ1n) is 9.16. The topological polar surface area (TPSA) is 21.3 Å². The van der Waals surface area contributed by atoms with Gasteiger partial charge in [0.15, 0.2) is 0 Å². The maximum absolute atomic E-state index is 5.95. The largest absolute Gasteiger partial charge is 0.494 e. The molecule has 0 saturated carbocycles. The second-order valence-corrected chi connectivity index (χ2v) is 7.36. The van der Waals surface area contributed by atoms with Crippen molar-refractivity contribution in [1.29, 1.82) is 0 Å². The lowest BCUT2D eigenvalue weighted by atomic mass is 9.78. The van der Waals surface area contributed by atoms with Crippen LogP contribution >= 0.6 is 0 Å². The van der Waals surface area contributed by atoms with Crippen LogP contribution in [0, 0.1) is 5.92 Å². The summed E-state index contributed by atoms with van der Waals surface area (Å²) in [6.45, 7) is 7.68. The fourth-order valence-corrected chi connectivity index (χ4v) is 3.50. The van der Waals surface area contributed by atoms with E-state index in [1.54, 1.807) is 0 Å². The average molecular weight is 323 g/mol. The van der Waals surface area contributed by atoms with E-state index in [1.807, 2.05) is 0 Å². The second-order valence-electron chi connectivity index (χ2n) is 7.36. The molecular formula is C22H29NO. The van der Waals surface area contributed by atoms with E-state index in [-0.39, 0.29) is 5.41 Å². The minimum Gasteiger partial charge on any atom is -0.494 e. The lowest BCUT2D eigenvalue weighted by Gasteiger charge is -2.26. The van der Waals surface area contributed by atoms with Crippen LogP contribution in [0.1, 0.15) is 44.2 Å². The van der Waals surface area contributed by atoms with E-state index < -0.39 is 0 Å². The van der Waals surface area contributed by atoms with Crippen molar-refractivity contribution in [3.63, 3.8) is 0 Å². The van der Waals surface area contributed by atoms with Crippen molar-refractivity contribution in [3.8, 4) is 5.75 Å². The van der Waals surface area contributed by atoms with Gasteiger partial charge >= 0.3 is 0 Å². The number of hydrogen-bond acceptors (Lipinski definition) is 2. The van der Waals surface area contributed by atoms with Crippen LogP contribution in [0.25, 0.3) is 0 Å². The molecule has 0 radical (unpaired) electrons. The highest BCUT2D eigenvalue weighted by Gasteiger charge is 2.22. The molecule has 0 unspecified atom stereocenters. The first-order chi connectivity index (χ1) is 11.7. The molecule has 128 valence electrons. The summed E-state index contributed by atoms with van der Waals surface area (Å²) in [5.41, 5.74) is 2.66. The molecular weight excluding hydrogens is 294 g/mol. The van der Waals surface area contributed by atoms with E-state index in [0.717, 1.165) is 31.2 Å². The molecule has 24 heavy (non-hydrogen) atoms. The summed E-state index contributed by atoms with van der Waals surface area (Å²) in [4.78, 5) is 0. The zero-order chi connectivity index (χ0) is 16.8. The van der Waals surface area contributed by atoms with Gasteiger partial charge in [0.2, 0.25) is 0 Å². The van der Waals surface area contributed by atoms with Gasteiger partial charge in [-0.05, 0) is 61.5 Å². The molecule has 2 heteroatoms. The Hall–Kier alpha value is -1.80. The van der Waals surface area contributed by atoms with Gasteiger partial charge in [-0.3, -0.25) is 0 Å². The van der Waals surface area contributed by atoms with E-state index in [1.165, 1.54) is 30.5 Å². The predicted octanol–water partition coefficient (Wildman–Crippen LogP) is 4.78. The van der Waals surface area contributed by atoms with Crippen molar-refractivity contribution in [2.24, 2.45) is 5.92 Å². The zero-order valence-corrected chi connectivity index (χ0v) is 14.9. The molecule has 1 fully saturated rings. The Morgan fingerprint density at radius 1 is 1.00 bits per heavy atom. The molecule has 0 aromatic heterocycles. The minimum atomic E-state index is 0.00750. The quantitative estimate of drug-likeness (QED) is 0.826. The summed E-state index contributed by atoms with van der Waals surface area (Å²) in [7, 11) is 0. The Balaban J connectivity index is 1.57. The molecule has 0 amide bonds. The normalized spacial score (nSPS) is 18.3. The van der Waals surface area contributed by atoms with Crippen molar-refractivity contribution in [3.05, 3.63) is 65.7 Å². The molecule has 2 aromatic rings. The molecule has 2 aromatic carbocycles. The molecule has 0 bridgehead atoms. The van der Waals surface area contributed by atoms with Crippen molar-refractivity contribution < 1.29 is 4.74 Å². The van der Waals surface area contributed by atoms with Gasteiger partial charge in [0.25, 0.3) is 0 Å². The van der Waals surface area contributed by atoms with Gasteiger partial charge in [-0.15, -0.1) is 0 Å². The van der Waals surface area contributed by atoms with E-state index in [2.05, 4.69) is 73.8 Å². The summed E-state index contributed by atoms with van der Waals surface area (Å²) in [5, 5.41) is 3.47.